The monoisotopic (exact) mass is 706 g/mol. The first-order valence-corrected chi connectivity index (χ1v) is 19.6. The third-order valence-corrected chi connectivity index (χ3v) is 13.3. The standard InChI is InChI=1S/C51H34N2S/c1-51(2)39-17-7-3-15-35(39)49-40(51)18-11-21-45(49)52-41-19-8-4-13-33(41)37-29-31(25-27-43(37)52)32-26-28-44-38(30-32)34-14-5-9-20-42(34)53(44)46-22-12-24-48-50(46)36-16-6-10-23-47(36)54-48/h3-30H,1-2H3. The van der Waals surface area contributed by atoms with Gasteiger partial charge in [-0.1, -0.05) is 123 Å². The van der Waals surface area contributed by atoms with Gasteiger partial charge in [0.2, 0.25) is 0 Å². The van der Waals surface area contributed by atoms with Gasteiger partial charge in [-0.05, 0) is 88.5 Å². The van der Waals surface area contributed by atoms with Crippen molar-refractivity contribution in [3.05, 3.63) is 181 Å². The molecule has 0 aliphatic heterocycles. The first-order chi connectivity index (χ1) is 26.6. The molecule has 54 heavy (non-hydrogen) atoms. The Morgan fingerprint density at radius 3 is 1.65 bits per heavy atom. The van der Waals surface area contributed by atoms with Crippen LogP contribution >= 0.6 is 11.3 Å². The molecule has 0 N–H and O–H groups in total. The van der Waals surface area contributed by atoms with Gasteiger partial charge in [-0.3, -0.25) is 0 Å². The molecular weight excluding hydrogens is 673 g/mol. The van der Waals surface area contributed by atoms with E-state index in [0.717, 1.165) is 0 Å². The highest BCUT2D eigenvalue weighted by Crippen LogP contribution is 2.52. The summed E-state index contributed by atoms with van der Waals surface area (Å²) in [5.41, 5.74) is 15.2. The Bertz CT molecular complexity index is 3370. The maximum absolute atomic E-state index is 2.50. The molecule has 8 aromatic carbocycles. The number of nitrogens with zero attached hydrogens (tertiary/aromatic N) is 2. The highest BCUT2D eigenvalue weighted by molar-refractivity contribution is 7.25. The largest absolute Gasteiger partial charge is 0.309 e. The number of benzene rings is 8. The van der Waals surface area contributed by atoms with Crippen molar-refractivity contribution in [1.82, 2.24) is 9.13 Å². The predicted octanol–water partition coefficient (Wildman–Crippen LogP) is 14.2. The third-order valence-electron chi connectivity index (χ3n) is 12.1. The summed E-state index contributed by atoms with van der Waals surface area (Å²) in [7, 11) is 0. The zero-order valence-electron chi connectivity index (χ0n) is 30.0. The molecule has 0 unspecified atom stereocenters. The fraction of sp³-hybridized carbons (Fsp3) is 0.0588. The molecule has 0 fully saturated rings. The van der Waals surface area contributed by atoms with Gasteiger partial charge in [-0.2, -0.15) is 0 Å². The molecule has 1 aliphatic rings. The first-order valence-electron chi connectivity index (χ1n) is 18.8. The van der Waals surface area contributed by atoms with E-state index in [1.54, 1.807) is 0 Å². The SMILES string of the molecule is CC1(C)c2ccccc2-c2c(-n3c4ccccc4c4cc(-c5ccc6c(c5)c5ccccc5n6-c5cccc6sc7ccccc7c56)ccc43)cccc21. The fourth-order valence-electron chi connectivity index (χ4n) is 9.69. The minimum Gasteiger partial charge on any atom is -0.309 e. The lowest BCUT2D eigenvalue weighted by molar-refractivity contribution is 0.660. The van der Waals surface area contributed by atoms with Gasteiger partial charge in [0.25, 0.3) is 0 Å². The molecule has 11 aromatic rings. The van der Waals surface area contributed by atoms with Gasteiger partial charge in [0, 0.05) is 52.7 Å². The summed E-state index contributed by atoms with van der Waals surface area (Å²) in [5, 5.41) is 7.71. The molecule has 0 amide bonds. The van der Waals surface area contributed by atoms with E-state index in [-0.39, 0.29) is 5.41 Å². The van der Waals surface area contributed by atoms with Crippen molar-refractivity contribution < 1.29 is 0 Å². The van der Waals surface area contributed by atoms with E-state index in [1.165, 1.54) is 109 Å². The van der Waals surface area contributed by atoms with Crippen LogP contribution in [0.4, 0.5) is 0 Å². The topological polar surface area (TPSA) is 9.86 Å². The lowest BCUT2D eigenvalue weighted by Crippen LogP contribution is -2.14. The van der Waals surface area contributed by atoms with Crippen LogP contribution in [0.3, 0.4) is 0 Å². The molecule has 254 valence electrons. The summed E-state index contributed by atoms with van der Waals surface area (Å²) < 4.78 is 7.61. The molecule has 2 nitrogen and oxygen atoms in total. The number of fused-ring (bicyclic) bond motifs is 12. The zero-order chi connectivity index (χ0) is 35.7. The lowest BCUT2D eigenvalue weighted by Gasteiger charge is -2.21. The van der Waals surface area contributed by atoms with Gasteiger partial charge in [0.1, 0.15) is 0 Å². The van der Waals surface area contributed by atoms with Gasteiger partial charge in [0.15, 0.2) is 0 Å². The summed E-state index contributed by atoms with van der Waals surface area (Å²) in [6, 6.07) is 63.3. The quantitative estimate of drug-likeness (QED) is 0.173. The van der Waals surface area contributed by atoms with E-state index in [2.05, 4.69) is 193 Å². The summed E-state index contributed by atoms with van der Waals surface area (Å²) in [4.78, 5) is 0. The number of hydrogen-bond donors (Lipinski definition) is 0. The molecule has 0 bridgehead atoms. The van der Waals surface area contributed by atoms with E-state index >= 15 is 0 Å². The molecule has 0 saturated carbocycles. The van der Waals surface area contributed by atoms with Crippen LogP contribution < -0.4 is 0 Å². The minimum absolute atomic E-state index is 0.0559. The molecule has 0 saturated heterocycles. The molecular formula is C51H34N2S. The Morgan fingerprint density at radius 1 is 0.407 bits per heavy atom. The average molecular weight is 707 g/mol. The lowest BCUT2D eigenvalue weighted by atomic mass is 9.82. The van der Waals surface area contributed by atoms with E-state index in [0.29, 0.717) is 0 Å². The second-order valence-electron chi connectivity index (χ2n) is 15.3. The predicted molar refractivity (Wildman–Crippen MR) is 231 cm³/mol. The van der Waals surface area contributed by atoms with E-state index < -0.39 is 0 Å². The van der Waals surface area contributed by atoms with Crippen molar-refractivity contribution in [1.29, 1.82) is 0 Å². The molecule has 3 heterocycles. The molecule has 0 atom stereocenters. The van der Waals surface area contributed by atoms with Crippen molar-refractivity contribution in [2.45, 2.75) is 19.3 Å². The number of para-hydroxylation sites is 2. The smallest absolute Gasteiger partial charge is 0.0555 e. The molecule has 0 radical (unpaired) electrons. The van der Waals surface area contributed by atoms with Crippen molar-refractivity contribution in [3.63, 3.8) is 0 Å². The van der Waals surface area contributed by atoms with Crippen LogP contribution in [0.2, 0.25) is 0 Å². The normalized spacial score (nSPS) is 13.5. The average Bonchev–Trinajstić information content (AvgIpc) is 3.93. The molecule has 3 heteroatoms. The van der Waals surface area contributed by atoms with Crippen molar-refractivity contribution in [2.24, 2.45) is 0 Å². The Morgan fingerprint density at radius 2 is 0.926 bits per heavy atom. The van der Waals surface area contributed by atoms with E-state index in [4.69, 9.17) is 0 Å². The van der Waals surface area contributed by atoms with Crippen LogP contribution in [0.15, 0.2) is 170 Å². The summed E-state index contributed by atoms with van der Waals surface area (Å²) in [6.07, 6.45) is 0. The number of hydrogen-bond acceptors (Lipinski definition) is 1. The number of aromatic nitrogens is 2. The van der Waals surface area contributed by atoms with Crippen LogP contribution in [-0.4, -0.2) is 9.13 Å². The van der Waals surface area contributed by atoms with Gasteiger partial charge < -0.3 is 9.13 Å². The number of thiophene rings is 1. The molecule has 3 aromatic heterocycles. The fourth-order valence-corrected chi connectivity index (χ4v) is 10.8. The Labute approximate surface area is 316 Å². The molecule has 1 aliphatic carbocycles. The van der Waals surface area contributed by atoms with Crippen LogP contribution in [0.25, 0.3) is 97.4 Å². The molecule has 12 rings (SSSR count). The zero-order valence-corrected chi connectivity index (χ0v) is 30.8. The maximum Gasteiger partial charge on any atom is 0.0555 e. The van der Waals surface area contributed by atoms with Crippen LogP contribution in [-0.2, 0) is 5.41 Å². The van der Waals surface area contributed by atoms with Gasteiger partial charge >= 0.3 is 0 Å². The van der Waals surface area contributed by atoms with Crippen molar-refractivity contribution >= 4 is 75.1 Å². The summed E-state index contributed by atoms with van der Waals surface area (Å²) in [6.45, 7) is 4.72. The summed E-state index contributed by atoms with van der Waals surface area (Å²) in [5.74, 6) is 0. The van der Waals surface area contributed by atoms with E-state index in [1.807, 2.05) is 11.3 Å². The van der Waals surface area contributed by atoms with Crippen LogP contribution in [0.5, 0.6) is 0 Å². The van der Waals surface area contributed by atoms with Crippen molar-refractivity contribution in [3.8, 4) is 33.6 Å². The third kappa shape index (κ3) is 3.94. The Kier molecular flexibility index (Phi) is 6.03. The second kappa shape index (κ2) is 10.8. The molecule has 0 spiro atoms. The van der Waals surface area contributed by atoms with E-state index in [9.17, 15) is 0 Å². The Balaban J connectivity index is 1.07. The van der Waals surface area contributed by atoms with Gasteiger partial charge in [0.05, 0.1) is 33.4 Å². The van der Waals surface area contributed by atoms with Gasteiger partial charge in [-0.15, -0.1) is 11.3 Å². The first kappa shape index (κ1) is 30.1. The second-order valence-corrected chi connectivity index (χ2v) is 16.4. The van der Waals surface area contributed by atoms with Gasteiger partial charge in [-0.25, -0.2) is 0 Å². The number of rotatable bonds is 3. The van der Waals surface area contributed by atoms with Crippen molar-refractivity contribution in [2.75, 3.05) is 0 Å². The highest BCUT2D eigenvalue weighted by atomic mass is 32.1. The minimum atomic E-state index is -0.0559. The van der Waals surface area contributed by atoms with Crippen LogP contribution in [0.1, 0.15) is 25.0 Å². The maximum atomic E-state index is 2.50. The highest BCUT2D eigenvalue weighted by Gasteiger charge is 2.37. The van der Waals surface area contributed by atoms with Crippen LogP contribution in [0, 0.1) is 0 Å². The Hall–Kier alpha value is -6.42. The summed E-state index contributed by atoms with van der Waals surface area (Å²) >= 11 is 1.87.